The van der Waals surface area contributed by atoms with Gasteiger partial charge in [-0.15, -0.1) is 0 Å². The number of rotatable bonds is 5. The average molecular weight is 465 g/mol. The van der Waals surface area contributed by atoms with Gasteiger partial charge in [0.05, 0.1) is 18.0 Å². The molecule has 6 nitrogen and oxygen atoms in total. The number of halogens is 4. The topological polar surface area (TPSA) is 71.3 Å². The summed E-state index contributed by atoms with van der Waals surface area (Å²) < 4.78 is 43.4. The Balaban J connectivity index is 1.35. The zero-order chi connectivity index (χ0) is 22.7. The van der Waals surface area contributed by atoms with Gasteiger partial charge in [0.1, 0.15) is 0 Å². The summed E-state index contributed by atoms with van der Waals surface area (Å²) in [5.41, 5.74) is 0.333. The van der Waals surface area contributed by atoms with Crippen LogP contribution >= 0.6 is 11.6 Å². The molecule has 1 atom stereocenters. The summed E-state index contributed by atoms with van der Waals surface area (Å²) in [5.74, 6) is 0.362. The third-order valence-electron chi connectivity index (χ3n) is 5.27. The van der Waals surface area contributed by atoms with Crippen molar-refractivity contribution in [3.8, 4) is 11.4 Å². The van der Waals surface area contributed by atoms with E-state index in [1.54, 1.807) is 18.2 Å². The van der Waals surface area contributed by atoms with Crippen molar-refractivity contribution < 1.29 is 22.5 Å². The molecule has 1 saturated heterocycles. The second kappa shape index (κ2) is 9.30. The number of nitrogens with one attached hydrogen (secondary N) is 1. The number of hydrogen-bond acceptors (Lipinski definition) is 5. The van der Waals surface area contributed by atoms with Crippen molar-refractivity contribution >= 4 is 23.2 Å². The lowest BCUT2D eigenvalue weighted by Gasteiger charge is -2.30. The Labute approximate surface area is 187 Å². The molecule has 1 aliphatic heterocycles. The van der Waals surface area contributed by atoms with Gasteiger partial charge in [-0.3, -0.25) is 9.69 Å². The Hall–Kier alpha value is -2.91. The van der Waals surface area contributed by atoms with E-state index in [0.717, 1.165) is 30.7 Å². The molecule has 1 aliphatic rings. The molecule has 3 aromatic rings. The predicted octanol–water partition coefficient (Wildman–Crippen LogP) is 5.26. The molecule has 168 valence electrons. The van der Waals surface area contributed by atoms with Crippen LogP contribution in [0.4, 0.5) is 18.9 Å². The second-order valence-corrected chi connectivity index (χ2v) is 8.10. The van der Waals surface area contributed by atoms with Crippen LogP contribution in [0.1, 0.15) is 24.3 Å². The fourth-order valence-corrected chi connectivity index (χ4v) is 3.85. The van der Waals surface area contributed by atoms with Crippen molar-refractivity contribution in [3.63, 3.8) is 0 Å². The summed E-state index contributed by atoms with van der Waals surface area (Å²) in [6.07, 6.45) is -2.91. The van der Waals surface area contributed by atoms with Crippen molar-refractivity contribution in [2.45, 2.75) is 25.6 Å². The lowest BCUT2D eigenvalue weighted by Crippen LogP contribution is -2.40. The van der Waals surface area contributed by atoms with Crippen molar-refractivity contribution in [2.24, 2.45) is 5.92 Å². The van der Waals surface area contributed by atoms with E-state index >= 15 is 0 Å². The van der Waals surface area contributed by atoms with Crippen LogP contribution in [-0.4, -0.2) is 34.0 Å². The monoisotopic (exact) mass is 464 g/mol. The highest BCUT2D eigenvalue weighted by molar-refractivity contribution is 6.30. The number of benzene rings is 2. The number of anilines is 1. The van der Waals surface area contributed by atoms with Gasteiger partial charge in [0.15, 0.2) is 0 Å². The highest BCUT2D eigenvalue weighted by Gasteiger charge is 2.30. The van der Waals surface area contributed by atoms with Crippen LogP contribution in [0, 0.1) is 5.92 Å². The first-order valence-electron chi connectivity index (χ1n) is 10.1. The minimum atomic E-state index is -4.41. The molecule has 2 heterocycles. The van der Waals surface area contributed by atoms with Crippen molar-refractivity contribution in [2.75, 3.05) is 18.4 Å². The molecule has 2 aromatic carbocycles. The van der Waals surface area contributed by atoms with Crippen LogP contribution in [0.2, 0.25) is 5.02 Å². The van der Waals surface area contributed by atoms with Crippen LogP contribution in [0.5, 0.6) is 0 Å². The van der Waals surface area contributed by atoms with E-state index in [9.17, 15) is 18.0 Å². The number of carbonyl (C=O) groups excluding carboxylic acids is 1. The Bertz CT molecular complexity index is 1090. The fraction of sp³-hybridized carbons (Fsp3) is 0.318. The number of aromatic nitrogens is 2. The summed E-state index contributed by atoms with van der Waals surface area (Å²) in [6.45, 7) is 1.66. The van der Waals surface area contributed by atoms with Gasteiger partial charge in [-0.1, -0.05) is 28.9 Å². The maximum absolute atomic E-state index is 12.7. The molecule has 1 amide bonds. The van der Waals surface area contributed by atoms with Crippen LogP contribution in [0.3, 0.4) is 0 Å². The fourth-order valence-electron chi connectivity index (χ4n) is 3.66. The largest absolute Gasteiger partial charge is 0.416 e. The van der Waals surface area contributed by atoms with Crippen LogP contribution in [-0.2, 0) is 17.5 Å². The van der Waals surface area contributed by atoms with Gasteiger partial charge in [-0.2, -0.15) is 18.2 Å². The highest BCUT2D eigenvalue weighted by Crippen LogP contribution is 2.30. The molecule has 4 rings (SSSR count). The van der Waals surface area contributed by atoms with E-state index in [0.29, 0.717) is 41.9 Å². The number of likely N-dealkylation sites (tertiary alicyclic amines) is 1. The first-order chi connectivity index (χ1) is 15.3. The van der Waals surface area contributed by atoms with Gasteiger partial charge < -0.3 is 9.84 Å². The third kappa shape index (κ3) is 5.46. The molecule has 1 unspecified atom stereocenters. The van der Waals surface area contributed by atoms with Gasteiger partial charge >= 0.3 is 6.18 Å². The predicted molar refractivity (Wildman–Crippen MR) is 113 cm³/mol. The first-order valence-corrected chi connectivity index (χ1v) is 10.4. The van der Waals surface area contributed by atoms with E-state index in [4.69, 9.17) is 16.1 Å². The SMILES string of the molecule is O=C(Nc1ccc(C(F)(F)F)cc1)C1CCCN(Cc2nc(-c3cccc(Cl)c3)no2)C1. The van der Waals surface area contributed by atoms with Crippen molar-refractivity contribution in [3.05, 3.63) is 65.0 Å². The Morgan fingerprint density at radius 3 is 2.72 bits per heavy atom. The Kier molecular flexibility index (Phi) is 6.48. The van der Waals surface area contributed by atoms with Gasteiger partial charge in [0.2, 0.25) is 17.6 Å². The van der Waals surface area contributed by atoms with E-state index in [1.807, 2.05) is 6.07 Å². The van der Waals surface area contributed by atoms with Crippen LogP contribution in [0.25, 0.3) is 11.4 Å². The first kappa shape index (κ1) is 22.3. The number of carbonyl (C=O) groups is 1. The average Bonchev–Trinajstić information content (AvgIpc) is 3.22. The molecule has 1 N–H and O–H groups in total. The number of hydrogen-bond donors (Lipinski definition) is 1. The molecule has 0 bridgehead atoms. The van der Waals surface area contributed by atoms with E-state index in [1.165, 1.54) is 12.1 Å². The van der Waals surface area contributed by atoms with Gasteiger partial charge in [0.25, 0.3) is 0 Å². The summed E-state index contributed by atoms with van der Waals surface area (Å²) in [6, 6.07) is 11.6. The van der Waals surface area contributed by atoms with Crippen LogP contribution in [0.15, 0.2) is 53.1 Å². The minimum absolute atomic E-state index is 0.223. The summed E-state index contributed by atoms with van der Waals surface area (Å²) in [7, 11) is 0. The molecule has 0 aliphatic carbocycles. The standard InChI is InChI=1S/C22H20ClF3N4O2/c23-17-5-1-3-14(11-17)20-28-19(32-29-20)13-30-10-2-4-15(12-30)21(31)27-18-8-6-16(7-9-18)22(24,25)26/h1,3,5-9,11,15H,2,4,10,12-13H2,(H,27,31). The quantitative estimate of drug-likeness (QED) is 0.557. The molecule has 0 radical (unpaired) electrons. The number of alkyl halides is 3. The van der Waals surface area contributed by atoms with Gasteiger partial charge in [-0.05, 0) is 55.8 Å². The summed E-state index contributed by atoms with van der Waals surface area (Å²) in [4.78, 5) is 19.1. The van der Waals surface area contributed by atoms with E-state index < -0.39 is 11.7 Å². The van der Waals surface area contributed by atoms with E-state index in [-0.39, 0.29) is 11.8 Å². The lowest BCUT2D eigenvalue weighted by molar-refractivity contribution is -0.137. The minimum Gasteiger partial charge on any atom is -0.338 e. The summed E-state index contributed by atoms with van der Waals surface area (Å²) in [5, 5.41) is 7.28. The molecule has 32 heavy (non-hydrogen) atoms. The molecule has 10 heteroatoms. The third-order valence-corrected chi connectivity index (χ3v) is 5.50. The maximum Gasteiger partial charge on any atom is 0.416 e. The lowest BCUT2D eigenvalue weighted by atomic mass is 9.97. The molecule has 0 saturated carbocycles. The van der Waals surface area contributed by atoms with Crippen LogP contribution < -0.4 is 5.32 Å². The second-order valence-electron chi connectivity index (χ2n) is 7.66. The Morgan fingerprint density at radius 1 is 1.22 bits per heavy atom. The summed E-state index contributed by atoms with van der Waals surface area (Å²) >= 11 is 6.01. The zero-order valence-electron chi connectivity index (χ0n) is 16.9. The van der Waals surface area contributed by atoms with E-state index in [2.05, 4.69) is 20.4 Å². The highest BCUT2D eigenvalue weighted by atomic mass is 35.5. The van der Waals surface area contributed by atoms with Crippen molar-refractivity contribution in [1.29, 1.82) is 0 Å². The number of amides is 1. The molecule has 0 spiro atoms. The normalized spacial score (nSPS) is 17.3. The molecule has 1 aromatic heterocycles. The molecule has 1 fully saturated rings. The molecular formula is C22H20ClF3N4O2. The van der Waals surface area contributed by atoms with Gasteiger partial charge in [0, 0.05) is 22.8 Å². The van der Waals surface area contributed by atoms with Crippen molar-refractivity contribution in [1.82, 2.24) is 15.0 Å². The Morgan fingerprint density at radius 2 is 2.00 bits per heavy atom. The van der Waals surface area contributed by atoms with Gasteiger partial charge in [-0.25, -0.2) is 0 Å². The molecular weight excluding hydrogens is 445 g/mol. The zero-order valence-corrected chi connectivity index (χ0v) is 17.7. The number of piperidine rings is 1. The number of nitrogens with zero attached hydrogens (tertiary/aromatic N) is 3. The smallest absolute Gasteiger partial charge is 0.338 e. The maximum atomic E-state index is 12.7.